The van der Waals surface area contributed by atoms with E-state index >= 15 is 0 Å². The summed E-state index contributed by atoms with van der Waals surface area (Å²) in [5.41, 5.74) is 2.65. The summed E-state index contributed by atoms with van der Waals surface area (Å²) >= 11 is 0. The van der Waals surface area contributed by atoms with E-state index in [1.165, 1.54) is 0 Å². The van der Waals surface area contributed by atoms with Gasteiger partial charge in [0.15, 0.2) is 5.78 Å². The SMILES string of the molecule is COc1c(C(=O)C2COCCO2)ccc(C)c1C. The highest BCUT2D eigenvalue weighted by Gasteiger charge is 2.27. The highest BCUT2D eigenvalue weighted by atomic mass is 16.6. The summed E-state index contributed by atoms with van der Waals surface area (Å²) in [6.07, 6.45) is -0.519. The lowest BCUT2D eigenvalue weighted by atomic mass is 9.99. The Morgan fingerprint density at radius 2 is 2.11 bits per heavy atom. The van der Waals surface area contributed by atoms with Crippen molar-refractivity contribution in [2.24, 2.45) is 0 Å². The van der Waals surface area contributed by atoms with Gasteiger partial charge in [0.2, 0.25) is 0 Å². The fourth-order valence-corrected chi connectivity index (χ4v) is 2.06. The van der Waals surface area contributed by atoms with Gasteiger partial charge in [0, 0.05) is 0 Å². The van der Waals surface area contributed by atoms with Gasteiger partial charge in [0.1, 0.15) is 11.9 Å². The van der Waals surface area contributed by atoms with Crippen LogP contribution in [0.4, 0.5) is 0 Å². The molecule has 1 atom stereocenters. The molecule has 1 unspecified atom stereocenters. The van der Waals surface area contributed by atoms with E-state index in [-0.39, 0.29) is 5.78 Å². The molecule has 1 aromatic carbocycles. The Labute approximate surface area is 107 Å². The lowest BCUT2D eigenvalue weighted by Gasteiger charge is -2.23. The minimum Gasteiger partial charge on any atom is -0.496 e. The number of aryl methyl sites for hydroxylation is 1. The number of carbonyl (C=O) groups is 1. The van der Waals surface area contributed by atoms with E-state index in [0.29, 0.717) is 31.1 Å². The molecule has 0 amide bonds. The molecule has 1 fully saturated rings. The lowest BCUT2D eigenvalue weighted by Crippen LogP contribution is -2.35. The first kappa shape index (κ1) is 13.1. The predicted octanol–water partition coefficient (Wildman–Crippen LogP) is 1.91. The second-order valence-corrected chi connectivity index (χ2v) is 4.39. The van der Waals surface area contributed by atoms with Gasteiger partial charge in [-0.15, -0.1) is 0 Å². The summed E-state index contributed by atoms with van der Waals surface area (Å²) in [5, 5.41) is 0. The molecule has 1 aliphatic heterocycles. The molecule has 0 N–H and O–H groups in total. The summed E-state index contributed by atoms with van der Waals surface area (Å²) in [6.45, 7) is 5.27. The minimum absolute atomic E-state index is 0.0744. The van der Waals surface area contributed by atoms with E-state index < -0.39 is 6.10 Å². The van der Waals surface area contributed by atoms with Crippen molar-refractivity contribution in [2.45, 2.75) is 20.0 Å². The number of ether oxygens (including phenoxy) is 3. The van der Waals surface area contributed by atoms with Crippen LogP contribution in [0.3, 0.4) is 0 Å². The molecular formula is C14H18O4. The normalized spacial score (nSPS) is 19.6. The van der Waals surface area contributed by atoms with E-state index in [1.54, 1.807) is 13.2 Å². The summed E-state index contributed by atoms with van der Waals surface area (Å²) < 4.78 is 16.1. The highest BCUT2D eigenvalue weighted by molar-refractivity contribution is 6.02. The fourth-order valence-electron chi connectivity index (χ4n) is 2.06. The van der Waals surface area contributed by atoms with E-state index in [1.807, 2.05) is 19.9 Å². The number of hydrogen-bond donors (Lipinski definition) is 0. The molecule has 98 valence electrons. The van der Waals surface area contributed by atoms with Crippen LogP contribution in [0.5, 0.6) is 5.75 Å². The van der Waals surface area contributed by atoms with Crippen LogP contribution in [0.2, 0.25) is 0 Å². The van der Waals surface area contributed by atoms with Gasteiger partial charge in [-0.2, -0.15) is 0 Å². The van der Waals surface area contributed by atoms with Crippen LogP contribution in [-0.2, 0) is 9.47 Å². The van der Waals surface area contributed by atoms with Crippen LogP contribution in [-0.4, -0.2) is 38.8 Å². The number of benzene rings is 1. The van der Waals surface area contributed by atoms with Gasteiger partial charge in [-0.25, -0.2) is 0 Å². The predicted molar refractivity (Wildman–Crippen MR) is 67.4 cm³/mol. The van der Waals surface area contributed by atoms with Crippen molar-refractivity contribution in [3.8, 4) is 5.75 Å². The van der Waals surface area contributed by atoms with Gasteiger partial charge < -0.3 is 14.2 Å². The second kappa shape index (κ2) is 5.50. The summed E-state index contributed by atoms with van der Waals surface area (Å²) in [4.78, 5) is 12.4. The number of ketones is 1. The van der Waals surface area contributed by atoms with Crippen LogP contribution in [0.25, 0.3) is 0 Å². The van der Waals surface area contributed by atoms with Gasteiger partial charge >= 0.3 is 0 Å². The fraction of sp³-hybridized carbons (Fsp3) is 0.500. The zero-order valence-electron chi connectivity index (χ0n) is 11.0. The average molecular weight is 250 g/mol. The Morgan fingerprint density at radius 1 is 1.33 bits per heavy atom. The van der Waals surface area contributed by atoms with Crippen molar-refractivity contribution >= 4 is 5.78 Å². The Bertz CT molecular complexity index is 447. The third-order valence-electron chi connectivity index (χ3n) is 3.25. The second-order valence-electron chi connectivity index (χ2n) is 4.39. The molecule has 1 aromatic rings. The molecule has 1 aliphatic rings. The maximum absolute atomic E-state index is 12.4. The van der Waals surface area contributed by atoms with Crippen molar-refractivity contribution in [1.29, 1.82) is 0 Å². The molecule has 0 bridgehead atoms. The standard InChI is InChI=1S/C14H18O4/c1-9-4-5-11(14(16-3)10(9)2)13(15)12-8-17-6-7-18-12/h4-5,12H,6-8H2,1-3H3. The van der Waals surface area contributed by atoms with Gasteiger partial charge in [-0.1, -0.05) is 6.07 Å². The molecule has 1 heterocycles. The molecule has 1 saturated heterocycles. The first-order valence-corrected chi connectivity index (χ1v) is 6.03. The van der Waals surface area contributed by atoms with Crippen molar-refractivity contribution in [2.75, 3.05) is 26.9 Å². The zero-order chi connectivity index (χ0) is 13.1. The summed E-state index contributed by atoms with van der Waals surface area (Å²) in [5.74, 6) is 0.559. The first-order valence-electron chi connectivity index (χ1n) is 6.03. The molecular weight excluding hydrogens is 232 g/mol. The minimum atomic E-state index is -0.519. The molecule has 2 rings (SSSR count). The van der Waals surface area contributed by atoms with E-state index in [4.69, 9.17) is 14.2 Å². The monoisotopic (exact) mass is 250 g/mol. The highest BCUT2D eigenvalue weighted by Crippen LogP contribution is 2.28. The third-order valence-corrected chi connectivity index (χ3v) is 3.25. The average Bonchev–Trinajstić information content (AvgIpc) is 2.42. The van der Waals surface area contributed by atoms with Crippen molar-refractivity contribution in [1.82, 2.24) is 0 Å². The van der Waals surface area contributed by atoms with Gasteiger partial charge in [-0.05, 0) is 31.0 Å². The number of hydrogen-bond acceptors (Lipinski definition) is 4. The van der Waals surface area contributed by atoms with Gasteiger partial charge in [0.05, 0.1) is 32.5 Å². The molecule has 4 heteroatoms. The van der Waals surface area contributed by atoms with Crippen molar-refractivity contribution in [3.05, 3.63) is 28.8 Å². The summed E-state index contributed by atoms with van der Waals surface area (Å²) in [6, 6.07) is 3.72. The van der Waals surface area contributed by atoms with Crippen molar-refractivity contribution in [3.63, 3.8) is 0 Å². The van der Waals surface area contributed by atoms with E-state index in [0.717, 1.165) is 11.1 Å². The van der Waals surface area contributed by atoms with Crippen LogP contribution < -0.4 is 4.74 Å². The molecule has 0 saturated carbocycles. The largest absolute Gasteiger partial charge is 0.496 e. The Kier molecular flexibility index (Phi) is 3.99. The maximum atomic E-state index is 12.4. The number of Topliss-reactive ketones (excluding diaryl/α,β-unsaturated/α-hetero) is 1. The maximum Gasteiger partial charge on any atom is 0.197 e. The third kappa shape index (κ3) is 2.40. The molecule has 0 spiro atoms. The summed E-state index contributed by atoms with van der Waals surface area (Å²) in [7, 11) is 1.58. The van der Waals surface area contributed by atoms with E-state index in [2.05, 4.69) is 0 Å². The van der Waals surface area contributed by atoms with Crippen LogP contribution in [0.1, 0.15) is 21.5 Å². The molecule has 0 aliphatic carbocycles. The molecule has 18 heavy (non-hydrogen) atoms. The Balaban J connectivity index is 2.32. The van der Waals surface area contributed by atoms with E-state index in [9.17, 15) is 4.79 Å². The molecule has 0 aromatic heterocycles. The Hall–Kier alpha value is -1.39. The van der Waals surface area contributed by atoms with Gasteiger partial charge in [-0.3, -0.25) is 4.79 Å². The Morgan fingerprint density at radius 3 is 2.72 bits per heavy atom. The zero-order valence-corrected chi connectivity index (χ0v) is 11.0. The first-order chi connectivity index (χ1) is 8.65. The molecule has 4 nitrogen and oxygen atoms in total. The number of carbonyl (C=O) groups excluding carboxylic acids is 1. The van der Waals surface area contributed by atoms with Gasteiger partial charge in [0.25, 0.3) is 0 Å². The number of methoxy groups -OCH3 is 1. The van der Waals surface area contributed by atoms with Crippen molar-refractivity contribution < 1.29 is 19.0 Å². The smallest absolute Gasteiger partial charge is 0.197 e. The van der Waals surface area contributed by atoms with Crippen LogP contribution in [0.15, 0.2) is 12.1 Å². The topological polar surface area (TPSA) is 44.8 Å². The quantitative estimate of drug-likeness (QED) is 0.769. The number of rotatable bonds is 3. The van der Waals surface area contributed by atoms with Crippen LogP contribution in [0, 0.1) is 13.8 Å². The molecule has 0 radical (unpaired) electrons. The van der Waals surface area contributed by atoms with Crippen LogP contribution >= 0.6 is 0 Å². The lowest BCUT2D eigenvalue weighted by molar-refractivity contribution is -0.0719.